The lowest BCUT2D eigenvalue weighted by atomic mass is 10.1. The second-order valence-corrected chi connectivity index (χ2v) is 5.38. The number of nitrogens with one attached hydrogen (secondary N) is 2. The Bertz CT molecular complexity index is 714. The van der Waals surface area contributed by atoms with E-state index in [9.17, 15) is 4.79 Å². The number of nitriles is 1. The summed E-state index contributed by atoms with van der Waals surface area (Å²) >= 11 is 0. The van der Waals surface area contributed by atoms with Crippen molar-refractivity contribution in [2.24, 2.45) is 0 Å². The van der Waals surface area contributed by atoms with E-state index in [0.717, 1.165) is 28.9 Å². The third-order valence-corrected chi connectivity index (χ3v) is 3.70. The zero-order valence-corrected chi connectivity index (χ0v) is 13.5. The van der Waals surface area contributed by atoms with Gasteiger partial charge in [-0.2, -0.15) is 5.26 Å². The second-order valence-electron chi connectivity index (χ2n) is 5.38. The first-order valence-electron chi connectivity index (χ1n) is 7.76. The minimum atomic E-state index is -0.00450. The number of rotatable bonds is 6. The van der Waals surface area contributed by atoms with E-state index < -0.39 is 0 Å². The molecule has 0 heterocycles. The largest absolute Gasteiger partial charge is 0.385 e. The summed E-state index contributed by atoms with van der Waals surface area (Å²) in [6, 6.07) is 15.3. The third kappa shape index (κ3) is 4.58. The summed E-state index contributed by atoms with van der Waals surface area (Å²) in [5, 5.41) is 15.0. The van der Waals surface area contributed by atoms with Crippen LogP contribution < -0.4 is 10.6 Å². The molecule has 2 aromatic carbocycles. The lowest BCUT2D eigenvalue weighted by molar-refractivity contribution is -0.115. The van der Waals surface area contributed by atoms with Gasteiger partial charge >= 0.3 is 0 Å². The highest BCUT2D eigenvalue weighted by molar-refractivity contribution is 5.92. The highest BCUT2D eigenvalue weighted by Gasteiger charge is 2.08. The first kappa shape index (κ1) is 16.6. The predicted octanol–water partition coefficient (Wildman–Crippen LogP) is 3.87. The molecule has 2 rings (SSSR count). The van der Waals surface area contributed by atoms with Crippen LogP contribution in [0.2, 0.25) is 0 Å². The monoisotopic (exact) mass is 307 g/mol. The van der Waals surface area contributed by atoms with Crippen LogP contribution in [0.5, 0.6) is 0 Å². The third-order valence-electron chi connectivity index (χ3n) is 3.70. The van der Waals surface area contributed by atoms with Crippen LogP contribution in [-0.2, 0) is 11.2 Å². The molecule has 0 bridgehead atoms. The molecule has 2 N–H and O–H groups in total. The Morgan fingerprint density at radius 2 is 1.91 bits per heavy atom. The molecule has 4 heteroatoms. The molecule has 2 aromatic rings. The molecule has 0 aliphatic rings. The number of nitrogens with zero attached hydrogens (tertiary/aromatic N) is 1. The van der Waals surface area contributed by atoms with Gasteiger partial charge in [-0.15, -0.1) is 0 Å². The maximum absolute atomic E-state index is 12.1. The zero-order valence-electron chi connectivity index (χ0n) is 13.5. The highest BCUT2D eigenvalue weighted by Crippen LogP contribution is 2.21. The number of para-hydroxylation sites is 1. The molecular formula is C19H21N3O. The number of hydrogen-bond donors (Lipinski definition) is 2. The number of anilines is 2. The zero-order chi connectivity index (χ0) is 16.7. The van der Waals surface area contributed by atoms with Gasteiger partial charge in [0.1, 0.15) is 0 Å². The first-order valence-corrected chi connectivity index (χ1v) is 7.76. The van der Waals surface area contributed by atoms with Gasteiger partial charge in [-0.1, -0.05) is 25.1 Å². The fraction of sp³-hybridized carbons (Fsp3) is 0.263. The van der Waals surface area contributed by atoms with Crippen molar-refractivity contribution in [3.05, 3.63) is 59.2 Å². The van der Waals surface area contributed by atoms with Crippen molar-refractivity contribution in [3.8, 4) is 6.07 Å². The predicted molar refractivity (Wildman–Crippen MR) is 93.5 cm³/mol. The average molecular weight is 307 g/mol. The molecular weight excluding hydrogens is 286 g/mol. The standard InChI is InChI=1S/C19H21N3O/c1-3-16-6-4-5-14(2)19(16)22-18(23)11-12-21-17-9-7-15(13-20)8-10-17/h4-10,21H,3,11-12H2,1-2H3,(H,22,23). The number of amides is 1. The molecule has 0 saturated carbocycles. The van der Waals surface area contributed by atoms with Crippen molar-refractivity contribution < 1.29 is 4.79 Å². The number of benzene rings is 2. The van der Waals surface area contributed by atoms with Gasteiger partial charge in [0.2, 0.25) is 5.91 Å². The van der Waals surface area contributed by atoms with E-state index >= 15 is 0 Å². The lowest BCUT2D eigenvalue weighted by Gasteiger charge is -2.13. The van der Waals surface area contributed by atoms with Crippen LogP contribution in [0.15, 0.2) is 42.5 Å². The summed E-state index contributed by atoms with van der Waals surface area (Å²) in [7, 11) is 0. The lowest BCUT2D eigenvalue weighted by Crippen LogP contribution is -2.17. The van der Waals surface area contributed by atoms with Crippen molar-refractivity contribution in [3.63, 3.8) is 0 Å². The molecule has 0 aliphatic heterocycles. The molecule has 0 atom stereocenters. The average Bonchev–Trinajstić information content (AvgIpc) is 2.57. The van der Waals surface area contributed by atoms with Crippen LogP contribution in [0.1, 0.15) is 30.0 Å². The molecule has 23 heavy (non-hydrogen) atoms. The molecule has 0 saturated heterocycles. The summed E-state index contributed by atoms with van der Waals surface area (Å²) in [6.07, 6.45) is 1.28. The number of carbonyl (C=O) groups is 1. The van der Waals surface area contributed by atoms with Crippen LogP contribution in [0.25, 0.3) is 0 Å². The SMILES string of the molecule is CCc1cccc(C)c1NC(=O)CCNc1ccc(C#N)cc1. The Balaban J connectivity index is 1.87. The van der Waals surface area contributed by atoms with E-state index in [2.05, 4.69) is 23.6 Å². The van der Waals surface area contributed by atoms with Gasteiger partial charge in [-0.25, -0.2) is 0 Å². The van der Waals surface area contributed by atoms with E-state index in [1.807, 2.05) is 37.3 Å². The molecule has 0 radical (unpaired) electrons. The number of hydrogen-bond acceptors (Lipinski definition) is 3. The summed E-state index contributed by atoms with van der Waals surface area (Å²) in [5.41, 5.74) is 4.69. The van der Waals surface area contributed by atoms with E-state index in [0.29, 0.717) is 18.5 Å². The maximum Gasteiger partial charge on any atom is 0.226 e. The van der Waals surface area contributed by atoms with Crippen LogP contribution in [0.4, 0.5) is 11.4 Å². The Kier molecular flexibility index (Phi) is 5.76. The smallest absolute Gasteiger partial charge is 0.226 e. The van der Waals surface area contributed by atoms with Crippen LogP contribution in [0.3, 0.4) is 0 Å². The van der Waals surface area contributed by atoms with E-state index in [1.165, 1.54) is 0 Å². The van der Waals surface area contributed by atoms with E-state index in [4.69, 9.17) is 5.26 Å². The summed E-state index contributed by atoms with van der Waals surface area (Å²) < 4.78 is 0. The van der Waals surface area contributed by atoms with Gasteiger partial charge in [-0.05, 0) is 48.7 Å². The Morgan fingerprint density at radius 3 is 2.57 bits per heavy atom. The van der Waals surface area contributed by atoms with Crippen LogP contribution in [-0.4, -0.2) is 12.5 Å². The van der Waals surface area contributed by atoms with Crippen molar-refractivity contribution in [1.29, 1.82) is 5.26 Å². The minimum absolute atomic E-state index is 0.00450. The number of carbonyl (C=O) groups excluding carboxylic acids is 1. The Labute approximate surface area is 137 Å². The van der Waals surface area contributed by atoms with Gasteiger partial charge in [0.25, 0.3) is 0 Å². The van der Waals surface area contributed by atoms with E-state index in [1.54, 1.807) is 12.1 Å². The molecule has 0 aliphatic carbocycles. The van der Waals surface area contributed by atoms with Crippen molar-refractivity contribution in [1.82, 2.24) is 0 Å². The molecule has 0 unspecified atom stereocenters. The van der Waals surface area contributed by atoms with Gasteiger partial charge in [-0.3, -0.25) is 4.79 Å². The molecule has 0 aromatic heterocycles. The van der Waals surface area contributed by atoms with Gasteiger partial charge in [0, 0.05) is 24.3 Å². The van der Waals surface area contributed by atoms with Gasteiger partial charge < -0.3 is 10.6 Å². The van der Waals surface area contributed by atoms with Crippen LogP contribution in [0, 0.1) is 18.3 Å². The quantitative estimate of drug-likeness (QED) is 0.851. The minimum Gasteiger partial charge on any atom is -0.385 e. The van der Waals surface area contributed by atoms with E-state index in [-0.39, 0.29) is 5.91 Å². The van der Waals surface area contributed by atoms with Gasteiger partial charge in [0.05, 0.1) is 11.6 Å². The van der Waals surface area contributed by atoms with Crippen LogP contribution >= 0.6 is 0 Å². The van der Waals surface area contributed by atoms with Gasteiger partial charge in [0.15, 0.2) is 0 Å². The van der Waals surface area contributed by atoms with Crippen molar-refractivity contribution in [2.75, 3.05) is 17.2 Å². The molecule has 4 nitrogen and oxygen atoms in total. The van der Waals surface area contributed by atoms with Crippen molar-refractivity contribution in [2.45, 2.75) is 26.7 Å². The highest BCUT2D eigenvalue weighted by atomic mass is 16.1. The second kappa shape index (κ2) is 8.00. The normalized spacial score (nSPS) is 9.96. The summed E-state index contributed by atoms with van der Waals surface area (Å²) in [5.74, 6) is -0.00450. The topological polar surface area (TPSA) is 64.9 Å². The molecule has 118 valence electrons. The summed E-state index contributed by atoms with van der Waals surface area (Å²) in [4.78, 5) is 12.1. The fourth-order valence-electron chi connectivity index (χ4n) is 2.39. The molecule has 1 amide bonds. The Hall–Kier alpha value is -2.80. The Morgan fingerprint density at radius 1 is 1.17 bits per heavy atom. The molecule has 0 spiro atoms. The summed E-state index contributed by atoms with van der Waals surface area (Å²) in [6.45, 7) is 4.63. The van der Waals surface area contributed by atoms with Crippen molar-refractivity contribution >= 4 is 17.3 Å². The maximum atomic E-state index is 12.1. The first-order chi connectivity index (χ1) is 11.1. The molecule has 0 fully saturated rings. The fourth-order valence-corrected chi connectivity index (χ4v) is 2.39. The number of aryl methyl sites for hydroxylation is 2.